The monoisotopic (exact) mass is 464 g/mol. The highest BCUT2D eigenvalue weighted by atomic mass is 16.5. The molecule has 0 saturated carbocycles. The van der Waals surface area contributed by atoms with Gasteiger partial charge in [-0.05, 0) is 48.2 Å². The number of nitrogens with zero attached hydrogens (tertiary/aromatic N) is 2. The second-order valence-corrected chi connectivity index (χ2v) is 9.86. The molecule has 34 heavy (non-hydrogen) atoms. The smallest absolute Gasteiger partial charge is 0.122 e. The van der Waals surface area contributed by atoms with Crippen LogP contribution in [0.25, 0.3) is 0 Å². The van der Waals surface area contributed by atoms with Crippen molar-refractivity contribution in [1.29, 1.82) is 0 Å². The van der Waals surface area contributed by atoms with Gasteiger partial charge < -0.3 is 20.1 Å². The van der Waals surface area contributed by atoms with Gasteiger partial charge in [0.2, 0.25) is 0 Å². The van der Waals surface area contributed by atoms with E-state index in [4.69, 9.17) is 9.47 Å². The van der Waals surface area contributed by atoms with E-state index in [1.165, 1.54) is 22.3 Å². The molecular weight excluding hydrogens is 424 g/mol. The van der Waals surface area contributed by atoms with Gasteiger partial charge in [0.1, 0.15) is 11.5 Å². The van der Waals surface area contributed by atoms with Crippen molar-refractivity contribution in [2.45, 2.75) is 38.8 Å². The standard InChI is InChI=1S/2C14H20N2O/c2*1-11(16-7-5-15-6-8-16)13-3-2-12-4-9-17-14(12)10-13/h2*2-3,10-11,15H,4-9H2,1H3/t2*11-/m10/s1. The van der Waals surface area contributed by atoms with Crippen LogP contribution in [0.3, 0.4) is 0 Å². The minimum atomic E-state index is 0.492. The first-order valence-corrected chi connectivity index (χ1v) is 13.1. The number of rotatable bonds is 4. The van der Waals surface area contributed by atoms with Crippen LogP contribution in [-0.2, 0) is 12.8 Å². The van der Waals surface area contributed by atoms with E-state index in [0.717, 1.165) is 89.9 Å². The quantitative estimate of drug-likeness (QED) is 0.725. The SMILES string of the molecule is C[C@@H](c1ccc2c(c1)OCC2)N1CCNCC1.C[C@H](c1ccc2c(c1)OCC2)N1CCNCC1. The van der Waals surface area contributed by atoms with Gasteiger partial charge in [-0.2, -0.15) is 0 Å². The summed E-state index contributed by atoms with van der Waals surface area (Å²) in [5, 5.41) is 6.79. The van der Waals surface area contributed by atoms with Crippen molar-refractivity contribution in [2.75, 3.05) is 65.6 Å². The maximum absolute atomic E-state index is 5.65. The molecule has 4 heterocycles. The molecule has 6 rings (SSSR count). The molecule has 4 aliphatic rings. The van der Waals surface area contributed by atoms with Crippen molar-refractivity contribution in [2.24, 2.45) is 0 Å². The third-order valence-electron chi connectivity index (χ3n) is 7.80. The number of piperazine rings is 2. The number of hydrogen-bond donors (Lipinski definition) is 2. The van der Waals surface area contributed by atoms with Crippen LogP contribution in [0.2, 0.25) is 0 Å². The molecule has 0 spiro atoms. The third-order valence-corrected chi connectivity index (χ3v) is 7.80. The van der Waals surface area contributed by atoms with Gasteiger partial charge in [0.05, 0.1) is 13.2 Å². The fourth-order valence-corrected chi connectivity index (χ4v) is 5.45. The molecule has 6 nitrogen and oxygen atoms in total. The molecule has 2 fully saturated rings. The fourth-order valence-electron chi connectivity index (χ4n) is 5.45. The lowest BCUT2D eigenvalue weighted by atomic mass is 10.0. The van der Waals surface area contributed by atoms with Crippen LogP contribution in [0.5, 0.6) is 11.5 Å². The lowest BCUT2D eigenvalue weighted by molar-refractivity contribution is 0.185. The summed E-state index contributed by atoms with van der Waals surface area (Å²) < 4.78 is 11.3. The summed E-state index contributed by atoms with van der Waals surface area (Å²) in [7, 11) is 0. The molecule has 4 aliphatic heterocycles. The summed E-state index contributed by atoms with van der Waals surface area (Å²) >= 11 is 0. The number of hydrogen-bond acceptors (Lipinski definition) is 6. The lowest BCUT2D eigenvalue weighted by Crippen LogP contribution is -2.44. The molecule has 6 heteroatoms. The Labute approximate surface area is 204 Å². The van der Waals surface area contributed by atoms with Crippen molar-refractivity contribution in [3.63, 3.8) is 0 Å². The van der Waals surface area contributed by atoms with E-state index >= 15 is 0 Å². The van der Waals surface area contributed by atoms with Gasteiger partial charge in [0, 0.05) is 77.3 Å². The minimum Gasteiger partial charge on any atom is -0.493 e. The highest BCUT2D eigenvalue weighted by molar-refractivity contribution is 5.42. The first kappa shape index (κ1) is 23.6. The maximum Gasteiger partial charge on any atom is 0.122 e. The van der Waals surface area contributed by atoms with Gasteiger partial charge >= 0.3 is 0 Å². The second kappa shape index (κ2) is 11.1. The Morgan fingerprint density at radius 2 is 1.06 bits per heavy atom. The first-order valence-electron chi connectivity index (χ1n) is 13.1. The van der Waals surface area contributed by atoms with Gasteiger partial charge in [-0.25, -0.2) is 0 Å². The van der Waals surface area contributed by atoms with Crippen molar-refractivity contribution in [1.82, 2.24) is 20.4 Å². The average molecular weight is 465 g/mol. The van der Waals surface area contributed by atoms with Crippen molar-refractivity contribution in [3.8, 4) is 11.5 Å². The van der Waals surface area contributed by atoms with Crippen LogP contribution in [0.1, 0.15) is 48.2 Å². The molecule has 0 aliphatic carbocycles. The molecule has 0 aromatic heterocycles. The Morgan fingerprint density at radius 3 is 1.47 bits per heavy atom. The zero-order valence-corrected chi connectivity index (χ0v) is 20.8. The van der Waals surface area contributed by atoms with Crippen LogP contribution in [0, 0.1) is 0 Å². The molecule has 2 aromatic rings. The predicted molar refractivity (Wildman–Crippen MR) is 137 cm³/mol. The van der Waals surface area contributed by atoms with E-state index in [1.54, 1.807) is 0 Å². The maximum atomic E-state index is 5.65. The Balaban J connectivity index is 0.000000142. The largest absolute Gasteiger partial charge is 0.493 e. The topological polar surface area (TPSA) is 49.0 Å². The summed E-state index contributed by atoms with van der Waals surface area (Å²) in [5.41, 5.74) is 5.49. The van der Waals surface area contributed by atoms with Crippen LogP contribution in [0.15, 0.2) is 36.4 Å². The molecule has 2 aromatic carbocycles. The lowest BCUT2D eigenvalue weighted by Gasteiger charge is -2.33. The summed E-state index contributed by atoms with van der Waals surface area (Å²) in [6.07, 6.45) is 2.13. The number of fused-ring (bicyclic) bond motifs is 2. The first-order chi connectivity index (χ1) is 16.7. The zero-order chi connectivity index (χ0) is 23.3. The van der Waals surface area contributed by atoms with Crippen LogP contribution in [0.4, 0.5) is 0 Å². The summed E-state index contributed by atoms with van der Waals surface area (Å²) in [6.45, 7) is 15.2. The highest BCUT2D eigenvalue weighted by Crippen LogP contribution is 2.31. The Hall–Kier alpha value is -2.12. The highest BCUT2D eigenvalue weighted by Gasteiger charge is 2.21. The Morgan fingerprint density at radius 1 is 0.647 bits per heavy atom. The van der Waals surface area contributed by atoms with E-state index in [1.807, 2.05) is 0 Å². The molecule has 0 amide bonds. The van der Waals surface area contributed by atoms with Gasteiger partial charge in [-0.3, -0.25) is 9.80 Å². The molecule has 2 atom stereocenters. The Bertz CT molecular complexity index is 876. The number of benzene rings is 2. The van der Waals surface area contributed by atoms with Crippen LogP contribution >= 0.6 is 0 Å². The van der Waals surface area contributed by atoms with E-state index in [9.17, 15) is 0 Å². The normalized spacial score (nSPS) is 21.9. The van der Waals surface area contributed by atoms with Crippen molar-refractivity contribution >= 4 is 0 Å². The second-order valence-electron chi connectivity index (χ2n) is 9.86. The summed E-state index contributed by atoms with van der Waals surface area (Å²) in [6, 6.07) is 14.4. The molecule has 0 radical (unpaired) electrons. The van der Waals surface area contributed by atoms with E-state index < -0.39 is 0 Å². The van der Waals surface area contributed by atoms with Gasteiger partial charge in [-0.1, -0.05) is 24.3 Å². The molecular formula is C28H40N4O2. The van der Waals surface area contributed by atoms with E-state index in [0.29, 0.717) is 12.1 Å². The molecule has 0 bridgehead atoms. The average Bonchev–Trinajstić information content (AvgIpc) is 3.58. The van der Waals surface area contributed by atoms with Gasteiger partial charge in [0.15, 0.2) is 0 Å². The fraction of sp³-hybridized carbons (Fsp3) is 0.571. The van der Waals surface area contributed by atoms with E-state index in [2.05, 4.69) is 70.7 Å². The number of ether oxygens (including phenoxy) is 2. The predicted octanol–water partition coefficient (Wildman–Crippen LogP) is 3.18. The van der Waals surface area contributed by atoms with Crippen molar-refractivity contribution < 1.29 is 9.47 Å². The van der Waals surface area contributed by atoms with Crippen molar-refractivity contribution in [3.05, 3.63) is 58.7 Å². The van der Waals surface area contributed by atoms with Gasteiger partial charge in [-0.15, -0.1) is 0 Å². The number of nitrogens with one attached hydrogen (secondary N) is 2. The Kier molecular flexibility index (Phi) is 7.70. The third kappa shape index (κ3) is 5.41. The van der Waals surface area contributed by atoms with Crippen LogP contribution < -0.4 is 20.1 Å². The molecule has 0 unspecified atom stereocenters. The summed E-state index contributed by atoms with van der Waals surface area (Å²) in [5.74, 6) is 2.20. The zero-order valence-electron chi connectivity index (χ0n) is 20.8. The van der Waals surface area contributed by atoms with E-state index in [-0.39, 0.29) is 0 Å². The minimum absolute atomic E-state index is 0.492. The molecule has 2 saturated heterocycles. The van der Waals surface area contributed by atoms with Gasteiger partial charge in [0.25, 0.3) is 0 Å². The molecule has 184 valence electrons. The summed E-state index contributed by atoms with van der Waals surface area (Å²) in [4.78, 5) is 5.07. The van der Waals surface area contributed by atoms with Crippen LogP contribution in [-0.4, -0.2) is 75.4 Å². The molecule has 2 N–H and O–H groups in total.